The maximum Gasteiger partial charge on any atom is 0.220 e. The van der Waals surface area contributed by atoms with Crippen LogP contribution < -0.4 is 5.32 Å². The first-order valence-electron chi connectivity index (χ1n) is 49.6. The number of amides is 1. The van der Waals surface area contributed by atoms with Crippen molar-refractivity contribution in [1.29, 1.82) is 0 Å². The van der Waals surface area contributed by atoms with Crippen LogP contribution in [0.4, 0.5) is 0 Å². The second-order valence-corrected chi connectivity index (χ2v) is 35.6. The first-order valence-corrected chi connectivity index (χ1v) is 49.6. The number of aliphatic hydroxyl groups excluding tert-OH is 11. The quantitative estimate of drug-likeness (QED) is 0.0199. The molecule has 19 nitrogen and oxygen atoms in total. The molecule has 0 aliphatic carbocycles. The van der Waals surface area contributed by atoms with Gasteiger partial charge in [-0.3, -0.25) is 4.79 Å². The Morgan fingerprint density at radius 3 is 0.862 bits per heavy atom. The van der Waals surface area contributed by atoms with E-state index in [4.69, 9.17) is 28.4 Å². The van der Waals surface area contributed by atoms with Crippen molar-refractivity contribution in [2.24, 2.45) is 0 Å². The van der Waals surface area contributed by atoms with E-state index in [0.29, 0.717) is 12.8 Å². The van der Waals surface area contributed by atoms with E-state index in [1.807, 2.05) is 6.08 Å². The second-order valence-electron chi connectivity index (χ2n) is 35.6. The van der Waals surface area contributed by atoms with E-state index in [2.05, 4.69) is 31.3 Å². The minimum atomic E-state index is -1.98. The number of aliphatic hydroxyl groups is 11. The summed E-state index contributed by atoms with van der Waals surface area (Å²) in [5, 5.41) is 121. The lowest BCUT2D eigenvalue weighted by Gasteiger charge is -2.48. The lowest BCUT2D eigenvalue weighted by atomic mass is 9.96. The number of unbranched alkanes of at least 4 members (excludes halogenated alkanes) is 65. The number of carbonyl (C=O) groups is 1. The Balaban J connectivity index is 1.28. The van der Waals surface area contributed by atoms with Gasteiger partial charge < -0.3 is 89.9 Å². The van der Waals surface area contributed by atoms with E-state index < -0.39 is 124 Å². The number of rotatable bonds is 83. The molecule has 3 rings (SSSR count). The minimum Gasteiger partial charge on any atom is -0.394 e. The highest BCUT2D eigenvalue weighted by Gasteiger charge is 2.54. The second kappa shape index (κ2) is 76.9. The number of carbonyl (C=O) groups excluding carboxylic acids is 1. The molecule has 3 fully saturated rings. The van der Waals surface area contributed by atoms with Crippen LogP contribution in [0, 0.1) is 0 Å². The van der Waals surface area contributed by atoms with Gasteiger partial charge in [0.2, 0.25) is 5.91 Å². The molecule has 686 valence electrons. The Bertz CT molecular complexity index is 2180. The largest absolute Gasteiger partial charge is 0.394 e. The third-order valence-electron chi connectivity index (χ3n) is 25.0. The van der Waals surface area contributed by atoms with Gasteiger partial charge in [-0.1, -0.05) is 443 Å². The predicted molar refractivity (Wildman–Crippen MR) is 471 cm³/mol. The molecule has 12 N–H and O–H groups in total. The molecular formula is C97H185NO18. The summed E-state index contributed by atoms with van der Waals surface area (Å²) in [6.45, 7) is 1.81. The highest BCUT2D eigenvalue weighted by Crippen LogP contribution is 2.34. The molecule has 116 heavy (non-hydrogen) atoms. The van der Waals surface area contributed by atoms with Crippen LogP contribution in [0.1, 0.15) is 457 Å². The van der Waals surface area contributed by atoms with Crippen LogP contribution in [0.2, 0.25) is 0 Å². The fraction of sp³-hybridized carbons (Fsp3) is 0.948. The van der Waals surface area contributed by atoms with E-state index >= 15 is 0 Å². The molecule has 19 heteroatoms. The van der Waals surface area contributed by atoms with Gasteiger partial charge in [-0.05, 0) is 32.1 Å². The maximum atomic E-state index is 13.5. The van der Waals surface area contributed by atoms with Crippen LogP contribution in [0.3, 0.4) is 0 Å². The van der Waals surface area contributed by atoms with Crippen LogP contribution in [-0.2, 0) is 33.2 Å². The molecule has 3 heterocycles. The molecule has 0 aromatic carbocycles. The number of hydrogen-bond acceptors (Lipinski definition) is 18. The van der Waals surface area contributed by atoms with Crippen molar-refractivity contribution in [2.45, 2.75) is 561 Å². The molecule has 1 amide bonds. The van der Waals surface area contributed by atoms with Crippen LogP contribution in [0.15, 0.2) is 24.3 Å². The van der Waals surface area contributed by atoms with E-state index in [9.17, 15) is 61.0 Å². The van der Waals surface area contributed by atoms with Crippen LogP contribution >= 0.6 is 0 Å². The zero-order chi connectivity index (χ0) is 83.8. The third-order valence-corrected chi connectivity index (χ3v) is 25.0. The first kappa shape index (κ1) is 108. The van der Waals surface area contributed by atoms with Crippen molar-refractivity contribution >= 4 is 5.91 Å². The fourth-order valence-corrected chi connectivity index (χ4v) is 17.2. The Morgan fingerprint density at radius 2 is 0.552 bits per heavy atom. The minimum absolute atomic E-state index is 0.242. The standard InChI is InChI=1S/C97H185NO18/c1-3-5-7-9-11-13-15-17-19-21-23-25-27-29-31-33-35-36-37-38-39-40-41-42-43-44-45-47-49-51-53-55-57-59-61-63-65-67-69-71-73-75-85(103)98-80(81(102)74-72-70-68-66-64-62-60-58-56-54-52-50-48-46-34-32-30-28-26-24-22-20-18-16-14-12-10-8-6-4-2)79-111-95-91(109)88(106)93(83(77-100)113-95)116-97-92(110)89(107)94(84(78-101)114-97)115-96-90(108)87(105)86(104)82(76-99)112-96/h64,66,72,74,80-84,86-97,99-102,104-110H,3-63,65,67-71,73,75-79H2,1-2H3,(H,98,103)/b66-64+,74-72+. The van der Waals surface area contributed by atoms with Crippen LogP contribution in [0.25, 0.3) is 0 Å². The Hall–Kier alpha value is -1.73. The molecular weight excluding hydrogens is 1470 g/mol. The van der Waals surface area contributed by atoms with Gasteiger partial charge in [-0.25, -0.2) is 0 Å². The van der Waals surface area contributed by atoms with Crippen molar-refractivity contribution in [3.63, 3.8) is 0 Å². The molecule has 3 aliphatic heterocycles. The normalized spacial score (nSPS) is 24.5. The highest BCUT2D eigenvalue weighted by atomic mass is 16.8. The van der Waals surface area contributed by atoms with Crippen molar-refractivity contribution in [3.05, 3.63) is 24.3 Å². The molecule has 0 aromatic rings. The van der Waals surface area contributed by atoms with Crippen molar-refractivity contribution < 1.29 is 89.4 Å². The summed E-state index contributed by atoms with van der Waals surface area (Å²) in [6, 6.07) is -0.990. The molecule has 3 aliphatic rings. The molecule has 17 atom stereocenters. The molecule has 3 saturated heterocycles. The van der Waals surface area contributed by atoms with E-state index in [0.717, 1.165) is 38.5 Å². The van der Waals surface area contributed by atoms with Gasteiger partial charge >= 0.3 is 0 Å². The van der Waals surface area contributed by atoms with Gasteiger partial charge in [-0.15, -0.1) is 0 Å². The molecule has 0 saturated carbocycles. The predicted octanol–water partition coefficient (Wildman–Crippen LogP) is 20.4. The molecule has 17 unspecified atom stereocenters. The van der Waals surface area contributed by atoms with Gasteiger partial charge in [0.05, 0.1) is 38.6 Å². The first-order chi connectivity index (χ1) is 56.8. The Morgan fingerprint density at radius 1 is 0.302 bits per heavy atom. The van der Waals surface area contributed by atoms with Gasteiger partial charge in [0.15, 0.2) is 18.9 Å². The van der Waals surface area contributed by atoms with Gasteiger partial charge in [0.1, 0.15) is 73.2 Å². The summed E-state index contributed by atoms with van der Waals surface area (Å²) in [7, 11) is 0. The summed E-state index contributed by atoms with van der Waals surface area (Å²) in [5.74, 6) is -0.274. The van der Waals surface area contributed by atoms with Crippen LogP contribution in [0.5, 0.6) is 0 Å². The molecule has 0 radical (unpaired) electrons. The number of allylic oxidation sites excluding steroid dienone is 3. The number of hydrogen-bond donors (Lipinski definition) is 12. The molecule has 0 bridgehead atoms. The highest BCUT2D eigenvalue weighted by molar-refractivity contribution is 5.76. The Labute approximate surface area is 709 Å². The van der Waals surface area contributed by atoms with Crippen LogP contribution in [-0.4, -0.2) is 193 Å². The lowest BCUT2D eigenvalue weighted by molar-refractivity contribution is -0.379. The third kappa shape index (κ3) is 54.1. The lowest BCUT2D eigenvalue weighted by Crippen LogP contribution is -2.66. The summed E-state index contributed by atoms with van der Waals surface area (Å²) in [4.78, 5) is 13.5. The van der Waals surface area contributed by atoms with Crippen molar-refractivity contribution in [1.82, 2.24) is 5.32 Å². The maximum absolute atomic E-state index is 13.5. The van der Waals surface area contributed by atoms with Gasteiger partial charge in [0, 0.05) is 6.42 Å². The van der Waals surface area contributed by atoms with Gasteiger partial charge in [0.25, 0.3) is 0 Å². The average Bonchev–Trinajstić information content (AvgIpc) is 0.779. The summed E-state index contributed by atoms with van der Waals surface area (Å²) < 4.78 is 34.6. The van der Waals surface area contributed by atoms with E-state index in [-0.39, 0.29) is 18.9 Å². The topological polar surface area (TPSA) is 307 Å². The van der Waals surface area contributed by atoms with Crippen molar-refractivity contribution in [2.75, 3.05) is 26.4 Å². The number of ether oxygens (including phenoxy) is 6. The smallest absolute Gasteiger partial charge is 0.220 e. The monoisotopic (exact) mass is 1650 g/mol. The fourth-order valence-electron chi connectivity index (χ4n) is 17.2. The molecule has 0 spiro atoms. The zero-order valence-corrected chi connectivity index (χ0v) is 74.5. The molecule has 0 aromatic heterocycles. The van der Waals surface area contributed by atoms with E-state index in [1.165, 1.54) is 385 Å². The van der Waals surface area contributed by atoms with Gasteiger partial charge in [-0.2, -0.15) is 0 Å². The zero-order valence-electron chi connectivity index (χ0n) is 74.5. The van der Waals surface area contributed by atoms with Crippen molar-refractivity contribution in [3.8, 4) is 0 Å². The van der Waals surface area contributed by atoms with E-state index in [1.54, 1.807) is 6.08 Å². The summed E-state index contributed by atoms with van der Waals surface area (Å²) in [5.41, 5.74) is 0. The average molecular weight is 1650 g/mol. The summed E-state index contributed by atoms with van der Waals surface area (Å²) >= 11 is 0. The summed E-state index contributed by atoms with van der Waals surface area (Å²) in [6.07, 6.45) is 72.4. The SMILES string of the molecule is CCCCCCCCCCCCCCCCCCCCCCCCCC/C=C/CC/C=C/C(O)C(COC1OC(CO)C(OC2OC(CO)C(OC3OC(CO)C(O)C(O)C3O)C(O)C2O)C(O)C1O)NC(=O)CCCCCCCCCCCCCCCCCCCCCCCCCCCCCCCCCCCCCCCCCCC. The number of nitrogens with one attached hydrogen (secondary N) is 1. The Kier molecular flexibility index (Phi) is 71.9.